The molecule has 7 heteroatoms. The van der Waals surface area contributed by atoms with Gasteiger partial charge in [-0.15, -0.1) is 0 Å². The SMILES string of the molecule is CCCN1C(=O)/C(=C/c2ccc(OCC(=O)O)cc2)NC1=S. The van der Waals surface area contributed by atoms with Gasteiger partial charge in [0.1, 0.15) is 11.4 Å². The molecule has 1 saturated heterocycles. The quantitative estimate of drug-likeness (QED) is 0.612. The number of amides is 1. The number of aliphatic carboxylic acids is 1. The van der Waals surface area contributed by atoms with Crippen LogP contribution in [0.25, 0.3) is 6.08 Å². The van der Waals surface area contributed by atoms with Gasteiger partial charge in [0.15, 0.2) is 11.7 Å². The van der Waals surface area contributed by atoms with E-state index in [0.29, 0.717) is 23.1 Å². The Kier molecular flexibility index (Phi) is 5.11. The van der Waals surface area contributed by atoms with Gasteiger partial charge >= 0.3 is 5.97 Å². The van der Waals surface area contributed by atoms with Crippen molar-refractivity contribution in [2.75, 3.05) is 13.2 Å². The first kappa shape index (κ1) is 16.0. The summed E-state index contributed by atoms with van der Waals surface area (Å²) in [7, 11) is 0. The number of carbonyl (C=O) groups is 2. The van der Waals surface area contributed by atoms with Gasteiger partial charge in [-0.2, -0.15) is 0 Å². The van der Waals surface area contributed by atoms with Crippen molar-refractivity contribution in [3.8, 4) is 5.75 Å². The van der Waals surface area contributed by atoms with Crippen molar-refractivity contribution < 1.29 is 19.4 Å². The van der Waals surface area contributed by atoms with Gasteiger partial charge in [0.25, 0.3) is 5.91 Å². The van der Waals surface area contributed by atoms with Crippen LogP contribution in [0.5, 0.6) is 5.75 Å². The van der Waals surface area contributed by atoms with Crippen molar-refractivity contribution in [1.82, 2.24) is 10.2 Å². The maximum atomic E-state index is 12.2. The van der Waals surface area contributed by atoms with Crippen LogP contribution in [0.4, 0.5) is 0 Å². The molecule has 2 rings (SSSR count). The molecule has 0 saturated carbocycles. The average molecular weight is 320 g/mol. The zero-order valence-corrected chi connectivity index (χ0v) is 12.9. The molecule has 116 valence electrons. The second kappa shape index (κ2) is 7.04. The average Bonchev–Trinajstić information content (AvgIpc) is 2.74. The monoisotopic (exact) mass is 320 g/mol. The summed E-state index contributed by atoms with van der Waals surface area (Å²) in [6, 6.07) is 6.78. The fourth-order valence-corrected chi connectivity index (χ4v) is 2.25. The minimum atomic E-state index is -1.03. The van der Waals surface area contributed by atoms with Crippen molar-refractivity contribution in [1.29, 1.82) is 0 Å². The highest BCUT2D eigenvalue weighted by molar-refractivity contribution is 7.80. The number of carboxylic acids is 1. The zero-order chi connectivity index (χ0) is 16.1. The number of benzene rings is 1. The summed E-state index contributed by atoms with van der Waals surface area (Å²) in [5.41, 5.74) is 1.22. The fourth-order valence-electron chi connectivity index (χ4n) is 1.97. The molecular formula is C15H16N2O4S. The number of hydrogen-bond donors (Lipinski definition) is 2. The second-order valence-electron chi connectivity index (χ2n) is 4.70. The van der Waals surface area contributed by atoms with Crippen LogP contribution in [-0.4, -0.2) is 40.1 Å². The zero-order valence-electron chi connectivity index (χ0n) is 12.0. The Hall–Kier alpha value is -2.41. The van der Waals surface area contributed by atoms with E-state index in [0.717, 1.165) is 12.0 Å². The maximum absolute atomic E-state index is 12.2. The lowest BCUT2D eigenvalue weighted by Crippen LogP contribution is -2.31. The van der Waals surface area contributed by atoms with E-state index in [1.807, 2.05) is 6.92 Å². The van der Waals surface area contributed by atoms with Crippen LogP contribution in [0.15, 0.2) is 30.0 Å². The molecule has 1 aliphatic heterocycles. The van der Waals surface area contributed by atoms with Crippen LogP contribution in [-0.2, 0) is 9.59 Å². The van der Waals surface area contributed by atoms with E-state index in [-0.39, 0.29) is 12.5 Å². The molecule has 1 aliphatic rings. The predicted molar refractivity (Wildman–Crippen MR) is 85.3 cm³/mol. The third kappa shape index (κ3) is 3.82. The summed E-state index contributed by atoms with van der Waals surface area (Å²) in [5, 5.41) is 11.9. The molecule has 0 aromatic heterocycles. The first-order chi connectivity index (χ1) is 10.5. The van der Waals surface area contributed by atoms with Gasteiger partial charge in [-0.1, -0.05) is 19.1 Å². The Morgan fingerprint density at radius 3 is 2.68 bits per heavy atom. The lowest BCUT2D eigenvalue weighted by atomic mass is 10.2. The number of carboxylic acid groups (broad SMARTS) is 1. The Balaban J connectivity index is 2.08. The van der Waals surface area contributed by atoms with Crippen LogP contribution in [0, 0.1) is 0 Å². The molecule has 0 aliphatic carbocycles. The normalized spacial score (nSPS) is 16.0. The summed E-state index contributed by atoms with van der Waals surface area (Å²) in [6.45, 7) is 2.18. The summed E-state index contributed by atoms with van der Waals surface area (Å²) >= 11 is 5.13. The van der Waals surface area contributed by atoms with Gasteiger partial charge in [-0.25, -0.2) is 4.79 Å². The Bertz CT molecular complexity index is 625. The van der Waals surface area contributed by atoms with Crippen LogP contribution < -0.4 is 10.1 Å². The molecule has 2 N–H and O–H groups in total. The lowest BCUT2D eigenvalue weighted by molar-refractivity contribution is -0.139. The van der Waals surface area contributed by atoms with Crippen LogP contribution in [0.3, 0.4) is 0 Å². The molecule has 0 radical (unpaired) electrons. The highest BCUT2D eigenvalue weighted by Crippen LogP contribution is 2.17. The molecule has 1 aromatic carbocycles. The summed E-state index contributed by atoms with van der Waals surface area (Å²) in [4.78, 5) is 24.1. The Morgan fingerprint density at radius 1 is 1.41 bits per heavy atom. The molecule has 0 unspecified atom stereocenters. The molecule has 0 spiro atoms. The molecule has 1 amide bonds. The van der Waals surface area contributed by atoms with E-state index in [4.69, 9.17) is 22.1 Å². The van der Waals surface area contributed by atoms with Crippen molar-refractivity contribution in [3.63, 3.8) is 0 Å². The van der Waals surface area contributed by atoms with Gasteiger partial charge < -0.3 is 15.2 Å². The van der Waals surface area contributed by atoms with Gasteiger partial charge in [-0.05, 0) is 42.4 Å². The third-order valence-electron chi connectivity index (χ3n) is 2.96. The fraction of sp³-hybridized carbons (Fsp3) is 0.267. The molecule has 1 aromatic rings. The minimum Gasteiger partial charge on any atom is -0.482 e. The summed E-state index contributed by atoms with van der Waals surface area (Å²) in [6.07, 6.45) is 2.53. The number of nitrogens with zero attached hydrogens (tertiary/aromatic N) is 1. The predicted octanol–water partition coefficient (Wildman–Crippen LogP) is 1.62. The standard InChI is InChI=1S/C15H16N2O4S/c1-2-7-17-14(20)12(16-15(17)22)8-10-3-5-11(6-4-10)21-9-13(18)19/h3-6,8H,2,7,9H2,1H3,(H,16,22)(H,18,19)/b12-8-. The number of rotatable bonds is 6. The lowest BCUT2D eigenvalue weighted by Gasteiger charge is -2.11. The van der Waals surface area contributed by atoms with E-state index >= 15 is 0 Å². The van der Waals surface area contributed by atoms with Crippen molar-refractivity contribution in [3.05, 3.63) is 35.5 Å². The van der Waals surface area contributed by atoms with Gasteiger partial charge in [0.05, 0.1) is 0 Å². The number of thiocarbonyl (C=S) groups is 1. The highest BCUT2D eigenvalue weighted by atomic mass is 32.1. The highest BCUT2D eigenvalue weighted by Gasteiger charge is 2.29. The van der Waals surface area contributed by atoms with Crippen LogP contribution in [0.1, 0.15) is 18.9 Å². The van der Waals surface area contributed by atoms with E-state index in [1.165, 1.54) is 4.90 Å². The maximum Gasteiger partial charge on any atom is 0.341 e. The molecule has 1 fully saturated rings. The largest absolute Gasteiger partial charge is 0.482 e. The van der Waals surface area contributed by atoms with Crippen LogP contribution in [0.2, 0.25) is 0 Å². The molecule has 6 nitrogen and oxygen atoms in total. The summed E-state index contributed by atoms with van der Waals surface area (Å²) < 4.78 is 5.05. The van der Waals surface area contributed by atoms with E-state index in [9.17, 15) is 9.59 Å². The Morgan fingerprint density at radius 2 is 2.09 bits per heavy atom. The molecule has 0 bridgehead atoms. The smallest absolute Gasteiger partial charge is 0.341 e. The first-order valence-electron chi connectivity index (χ1n) is 6.80. The van der Waals surface area contributed by atoms with Gasteiger partial charge in [0, 0.05) is 6.54 Å². The van der Waals surface area contributed by atoms with Gasteiger partial charge in [-0.3, -0.25) is 9.69 Å². The van der Waals surface area contributed by atoms with E-state index in [1.54, 1.807) is 30.3 Å². The number of carbonyl (C=O) groups excluding carboxylic acids is 1. The third-order valence-corrected chi connectivity index (χ3v) is 3.29. The molecule has 22 heavy (non-hydrogen) atoms. The first-order valence-corrected chi connectivity index (χ1v) is 7.21. The number of hydrogen-bond acceptors (Lipinski definition) is 4. The topological polar surface area (TPSA) is 78.9 Å². The molecule has 0 atom stereocenters. The van der Waals surface area contributed by atoms with E-state index < -0.39 is 5.97 Å². The Labute approximate surface area is 133 Å². The van der Waals surface area contributed by atoms with E-state index in [2.05, 4.69) is 5.32 Å². The summed E-state index contributed by atoms with van der Waals surface area (Å²) in [5.74, 6) is -0.715. The van der Waals surface area contributed by atoms with Gasteiger partial charge in [0.2, 0.25) is 0 Å². The number of ether oxygens (including phenoxy) is 1. The van der Waals surface area contributed by atoms with Crippen molar-refractivity contribution >= 4 is 35.3 Å². The van der Waals surface area contributed by atoms with Crippen LogP contribution >= 0.6 is 12.2 Å². The van der Waals surface area contributed by atoms with Crippen molar-refractivity contribution in [2.45, 2.75) is 13.3 Å². The van der Waals surface area contributed by atoms with Crippen molar-refractivity contribution in [2.24, 2.45) is 0 Å². The number of nitrogens with one attached hydrogen (secondary N) is 1. The second-order valence-corrected chi connectivity index (χ2v) is 5.08. The minimum absolute atomic E-state index is 0.141. The molecule has 1 heterocycles. The molecular weight excluding hydrogens is 304 g/mol.